The van der Waals surface area contributed by atoms with Crippen LogP contribution in [0, 0.1) is 0 Å². The van der Waals surface area contributed by atoms with E-state index in [1.54, 1.807) is 0 Å². The van der Waals surface area contributed by atoms with Crippen LogP contribution >= 0.6 is 0 Å². The van der Waals surface area contributed by atoms with Gasteiger partial charge in [0.1, 0.15) is 0 Å². The van der Waals surface area contributed by atoms with Crippen molar-refractivity contribution >= 4 is 11.9 Å². The molecule has 0 fully saturated rings. The zero-order valence-electron chi connectivity index (χ0n) is 9.41. The largest absolute Gasteiger partial charge is 0.447 e. The molecule has 15 heavy (non-hydrogen) atoms. The third-order valence-corrected chi connectivity index (χ3v) is 1.81. The van der Waals surface area contributed by atoms with Crippen molar-refractivity contribution in [2.24, 2.45) is 5.73 Å². The molecule has 0 bridgehead atoms. The first-order chi connectivity index (χ1) is 7.10. The van der Waals surface area contributed by atoms with Crippen molar-refractivity contribution < 1.29 is 14.3 Å². The number of carbonyl (C=O) groups excluding carboxylic acids is 2. The van der Waals surface area contributed by atoms with Gasteiger partial charge in [0.25, 0.3) is 0 Å². The highest BCUT2D eigenvalue weighted by Crippen LogP contribution is 1.97. The Labute approximate surface area is 90.4 Å². The first-order valence-electron chi connectivity index (χ1n) is 5.31. The van der Waals surface area contributed by atoms with Gasteiger partial charge < -0.3 is 10.1 Å². The molecule has 1 amide bonds. The lowest BCUT2D eigenvalue weighted by molar-refractivity contribution is -0.150. The van der Waals surface area contributed by atoms with E-state index in [9.17, 15) is 9.59 Å². The van der Waals surface area contributed by atoms with Crippen LogP contribution in [0.4, 0.5) is 0 Å². The topological polar surface area (TPSA) is 81.4 Å². The van der Waals surface area contributed by atoms with Crippen LogP contribution in [0.25, 0.3) is 0 Å². The molecular weight excluding hydrogens is 196 g/mol. The van der Waals surface area contributed by atoms with Gasteiger partial charge in [0, 0.05) is 13.0 Å². The normalized spacial score (nSPS) is 11.9. The van der Waals surface area contributed by atoms with Crippen LogP contribution in [0.15, 0.2) is 0 Å². The summed E-state index contributed by atoms with van der Waals surface area (Å²) in [6.07, 6.45) is 1.15. The molecule has 3 N–H and O–H groups in total. The predicted octanol–water partition coefficient (Wildman–Crippen LogP) is 0.531. The summed E-state index contributed by atoms with van der Waals surface area (Å²) in [6.45, 7) is 4.43. The van der Waals surface area contributed by atoms with Crippen molar-refractivity contribution in [3.8, 4) is 0 Å². The van der Waals surface area contributed by atoms with Gasteiger partial charge in [0.15, 0.2) is 6.23 Å². The van der Waals surface area contributed by atoms with E-state index in [1.165, 1.54) is 0 Å². The molecular formula is C10H20N2O3. The average molecular weight is 216 g/mol. The maximum atomic E-state index is 11.1. The quantitative estimate of drug-likeness (QED) is 0.480. The van der Waals surface area contributed by atoms with Crippen LogP contribution in [-0.4, -0.2) is 24.6 Å². The van der Waals surface area contributed by atoms with Gasteiger partial charge in [-0.3, -0.25) is 15.3 Å². The van der Waals surface area contributed by atoms with E-state index in [1.807, 2.05) is 13.8 Å². The summed E-state index contributed by atoms with van der Waals surface area (Å²) in [5.74, 6) is -0.546. The lowest BCUT2D eigenvalue weighted by atomic mass is 10.3. The summed E-state index contributed by atoms with van der Waals surface area (Å²) in [5, 5.41) is 2.68. The number of hydrogen-bond acceptors (Lipinski definition) is 4. The van der Waals surface area contributed by atoms with E-state index in [0.717, 1.165) is 6.42 Å². The first kappa shape index (κ1) is 13.9. The Morgan fingerprint density at radius 3 is 2.53 bits per heavy atom. The molecule has 0 aliphatic carbocycles. The molecule has 0 spiro atoms. The highest BCUT2D eigenvalue weighted by atomic mass is 16.6. The molecule has 0 heterocycles. The minimum Gasteiger partial charge on any atom is -0.447 e. The number of hydrogen-bond donors (Lipinski definition) is 2. The zero-order valence-corrected chi connectivity index (χ0v) is 9.41. The lowest BCUT2D eigenvalue weighted by Crippen LogP contribution is -2.28. The van der Waals surface area contributed by atoms with Crippen molar-refractivity contribution in [1.82, 2.24) is 5.32 Å². The molecule has 88 valence electrons. The summed E-state index contributed by atoms with van der Waals surface area (Å²) in [5.41, 5.74) is 5.42. The van der Waals surface area contributed by atoms with Gasteiger partial charge in [0.2, 0.25) is 5.91 Å². The third-order valence-electron chi connectivity index (χ3n) is 1.81. The fraction of sp³-hybridized carbons (Fsp3) is 0.800. The van der Waals surface area contributed by atoms with Gasteiger partial charge in [-0.25, -0.2) is 0 Å². The second kappa shape index (κ2) is 8.23. The molecule has 0 aromatic carbocycles. The molecule has 0 aliphatic heterocycles. The number of carbonyl (C=O) groups is 2. The Balaban J connectivity index is 3.57. The molecule has 0 saturated heterocycles. The van der Waals surface area contributed by atoms with Gasteiger partial charge in [-0.15, -0.1) is 0 Å². The number of rotatable bonds is 7. The molecule has 0 rings (SSSR count). The van der Waals surface area contributed by atoms with Crippen molar-refractivity contribution in [2.45, 2.75) is 45.8 Å². The summed E-state index contributed by atoms with van der Waals surface area (Å²) < 4.78 is 4.81. The van der Waals surface area contributed by atoms with E-state index in [2.05, 4.69) is 5.32 Å². The van der Waals surface area contributed by atoms with Crippen molar-refractivity contribution in [1.29, 1.82) is 0 Å². The second-order valence-corrected chi connectivity index (χ2v) is 3.29. The van der Waals surface area contributed by atoms with Gasteiger partial charge in [0.05, 0.1) is 6.42 Å². The smallest absolute Gasteiger partial charge is 0.307 e. The number of esters is 1. The SMILES string of the molecule is CCCNC(=O)CCC(=O)OC(N)CC. The van der Waals surface area contributed by atoms with Gasteiger partial charge in [-0.2, -0.15) is 0 Å². The lowest BCUT2D eigenvalue weighted by Gasteiger charge is -2.10. The van der Waals surface area contributed by atoms with Crippen molar-refractivity contribution in [3.05, 3.63) is 0 Å². The molecule has 1 atom stereocenters. The molecule has 0 radical (unpaired) electrons. The highest BCUT2D eigenvalue weighted by Gasteiger charge is 2.10. The Morgan fingerprint density at radius 2 is 2.00 bits per heavy atom. The monoisotopic (exact) mass is 216 g/mol. The molecule has 1 unspecified atom stereocenters. The Morgan fingerprint density at radius 1 is 1.33 bits per heavy atom. The van der Waals surface area contributed by atoms with E-state index >= 15 is 0 Å². The molecule has 5 heteroatoms. The fourth-order valence-electron chi connectivity index (χ4n) is 0.879. The minimum atomic E-state index is -0.559. The first-order valence-corrected chi connectivity index (χ1v) is 5.31. The van der Waals surface area contributed by atoms with Crippen LogP contribution in [0.1, 0.15) is 39.5 Å². The van der Waals surface area contributed by atoms with Crippen molar-refractivity contribution in [3.63, 3.8) is 0 Å². The predicted molar refractivity (Wildman–Crippen MR) is 56.9 cm³/mol. The Bertz CT molecular complexity index is 207. The highest BCUT2D eigenvalue weighted by molar-refractivity contribution is 5.81. The summed E-state index contributed by atoms with van der Waals surface area (Å²) in [6, 6.07) is 0. The molecule has 5 nitrogen and oxygen atoms in total. The standard InChI is InChI=1S/C10H20N2O3/c1-3-7-12-9(13)5-6-10(14)15-8(11)4-2/h8H,3-7,11H2,1-2H3,(H,12,13). The van der Waals surface area contributed by atoms with Gasteiger partial charge in [-0.1, -0.05) is 13.8 Å². The van der Waals surface area contributed by atoms with Crippen LogP contribution in [0.3, 0.4) is 0 Å². The maximum absolute atomic E-state index is 11.1. The number of nitrogens with one attached hydrogen (secondary N) is 1. The van der Waals surface area contributed by atoms with Gasteiger partial charge in [-0.05, 0) is 12.8 Å². The van der Waals surface area contributed by atoms with E-state index in [0.29, 0.717) is 13.0 Å². The van der Waals surface area contributed by atoms with Crippen molar-refractivity contribution in [2.75, 3.05) is 6.54 Å². The van der Waals surface area contributed by atoms with Crippen LogP contribution in [0.2, 0.25) is 0 Å². The second-order valence-electron chi connectivity index (χ2n) is 3.29. The Kier molecular flexibility index (Phi) is 7.62. The molecule has 0 aromatic heterocycles. The number of nitrogens with two attached hydrogens (primary N) is 1. The Hall–Kier alpha value is -1.10. The van der Waals surface area contributed by atoms with E-state index in [4.69, 9.17) is 10.5 Å². The van der Waals surface area contributed by atoms with Gasteiger partial charge >= 0.3 is 5.97 Å². The number of amides is 1. The van der Waals surface area contributed by atoms with E-state index < -0.39 is 12.2 Å². The molecule has 0 aromatic rings. The summed E-state index contributed by atoms with van der Waals surface area (Å²) >= 11 is 0. The maximum Gasteiger partial charge on any atom is 0.307 e. The summed E-state index contributed by atoms with van der Waals surface area (Å²) in [7, 11) is 0. The van der Waals surface area contributed by atoms with Crippen LogP contribution in [0.5, 0.6) is 0 Å². The van der Waals surface area contributed by atoms with Crippen LogP contribution in [-0.2, 0) is 14.3 Å². The summed E-state index contributed by atoms with van der Waals surface area (Å²) in [4.78, 5) is 22.2. The fourth-order valence-corrected chi connectivity index (χ4v) is 0.879. The molecule has 0 saturated carbocycles. The zero-order chi connectivity index (χ0) is 11.7. The average Bonchev–Trinajstić information content (AvgIpc) is 2.23. The molecule has 0 aliphatic rings. The minimum absolute atomic E-state index is 0.0866. The van der Waals surface area contributed by atoms with Crippen LogP contribution < -0.4 is 11.1 Å². The number of ether oxygens (including phenoxy) is 1. The third kappa shape index (κ3) is 7.93. The van der Waals surface area contributed by atoms with E-state index in [-0.39, 0.29) is 18.7 Å².